The van der Waals surface area contributed by atoms with Crippen molar-refractivity contribution in [1.82, 2.24) is 9.38 Å². The Labute approximate surface area is 75.5 Å². The Balaban J connectivity index is 2.99. The van der Waals surface area contributed by atoms with Crippen molar-refractivity contribution in [2.45, 2.75) is 6.92 Å². The van der Waals surface area contributed by atoms with E-state index in [9.17, 15) is 0 Å². The van der Waals surface area contributed by atoms with Crippen molar-refractivity contribution in [3.63, 3.8) is 0 Å². The number of hydrogen-bond donors (Lipinski definition) is 0. The zero-order valence-electron chi connectivity index (χ0n) is 6.69. The Bertz CT molecular complexity index is 473. The summed E-state index contributed by atoms with van der Waals surface area (Å²) >= 11 is 5.00. The van der Waals surface area contributed by atoms with Crippen LogP contribution in [0.1, 0.15) is 5.69 Å². The molecule has 60 valence electrons. The minimum absolute atomic E-state index is 0.652. The number of aryl methyl sites for hydroxylation is 1. The van der Waals surface area contributed by atoms with Crippen LogP contribution in [0.25, 0.3) is 5.65 Å². The average Bonchev–Trinajstić information content (AvgIpc) is 2.04. The lowest BCUT2D eigenvalue weighted by atomic mass is 10.4. The largest absolute Gasteiger partial charge is 0.306 e. The maximum absolute atomic E-state index is 5.00. The first-order valence-electron chi connectivity index (χ1n) is 3.72. The quantitative estimate of drug-likeness (QED) is 0.573. The van der Waals surface area contributed by atoms with Crippen molar-refractivity contribution in [3.05, 3.63) is 40.8 Å². The molecule has 0 amide bonds. The topological polar surface area (TPSA) is 17.3 Å². The molecule has 0 saturated heterocycles. The van der Waals surface area contributed by atoms with Crippen molar-refractivity contribution in [1.29, 1.82) is 0 Å². The maximum Gasteiger partial charge on any atom is 0.138 e. The second-order valence-corrected chi connectivity index (χ2v) is 3.08. The normalized spacial score (nSPS) is 10.4. The zero-order valence-corrected chi connectivity index (χ0v) is 7.51. The van der Waals surface area contributed by atoms with E-state index >= 15 is 0 Å². The summed E-state index contributed by atoms with van der Waals surface area (Å²) in [5.41, 5.74) is 2.02. The number of fused-ring (bicyclic) bond motifs is 1. The smallest absolute Gasteiger partial charge is 0.138 e. The van der Waals surface area contributed by atoms with E-state index in [0.717, 1.165) is 11.3 Å². The Morgan fingerprint density at radius 1 is 1.42 bits per heavy atom. The van der Waals surface area contributed by atoms with E-state index in [4.69, 9.17) is 12.2 Å². The summed E-state index contributed by atoms with van der Waals surface area (Å²) in [6, 6.07) is 7.77. The van der Waals surface area contributed by atoms with Crippen LogP contribution in [0.3, 0.4) is 0 Å². The fourth-order valence-electron chi connectivity index (χ4n) is 1.22. The highest BCUT2D eigenvalue weighted by Crippen LogP contribution is 2.03. The van der Waals surface area contributed by atoms with Crippen LogP contribution in [0.15, 0.2) is 30.5 Å². The van der Waals surface area contributed by atoms with Gasteiger partial charge in [0.05, 0.1) is 0 Å². The third-order valence-electron chi connectivity index (χ3n) is 1.78. The van der Waals surface area contributed by atoms with Crippen molar-refractivity contribution >= 4 is 17.9 Å². The molecule has 0 aliphatic heterocycles. The van der Waals surface area contributed by atoms with Gasteiger partial charge >= 0.3 is 0 Å². The molecule has 0 atom stereocenters. The van der Waals surface area contributed by atoms with Gasteiger partial charge in [-0.15, -0.1) is 0 Å². The van der Waals surface area contributed by atoms with Crippen LogP contribution in [0.5, 0.6) is 0 Å². The molecule has 0 bridgehead atoms. The van der Waals surface area contributed by atoms with Crippen LogP contribution in [0, 0.1) is 11.6 Å². The van der Waals surface area contributed by atoms with Gasteiger partial charge in [-0.3, -0.25) is 0 Å². The summed E-state index contributed by atoms with van der Waals surface area (Å²) in [4.78, 5) is 4.21. The van der Waals surface area contributed by atoms with Gasteiger partial charge in [0, 0.05) is 11.9 Å². The molecule has 12 heavy (non-hydrogen) atoms. The van der Waals surface area contributed by atoms with Gasteiger partial charge in [0.2, 0.25) is 0 Å². The third kappa shape index (κ3) is 1.12. The summed E-state index contributed by atoms with van der Waals surface area (Å²) in [5, 5.41) is 0. The first kappa shape index (κ1) is 7.43. The minimum Gasteiger partial charge on any atom is -0.306 e. The lowest BCUT2D eigenvalue weighted by molar-refractivity contribution is 1.03. The summed E-state index contributed by atoms with van der Waals surface area (Å²) < 4.78 is 2.66. The molecule has 2 heterocycles. The predicted molar refractivity (Wildman–Crippen MR) is 50.8 cm³/mol. The highest BCUT2D eigenvalue weighted by Gasteiger charge is 1.93. The second kappa shape index (κ2) is 2.68. The first-order valence-corrected chi connectivity index (χ1v) is 4.13. The number of hydrogen-bond acceptors (Lipinski definition) is 2. The van der Waals surface area contributed by atoms with E-state index in [1.54, 1.807) is 0 Å². The lowest BCUT2D eigenvalue weighted by Gasteiger charge is -2.02. The predicted octanol–water partition coefficient (Wildman–Crippen LogP) is 2.37. The molecule has 0 aliphatic carbocycles. The average molecular weight is 176 g/mol. The van der Waals surface area contributed by atoms with Gasteiger partial charge in [-0.05, 0) is 25.1 Å². The summed E-state index contributed by atoms with van der Waals surface area (Å²) in [6.45, 7) is 2.02. The molecule has 0 spiro atoms. The van der Waals surface area contributed by atoms with Crippen LogP contribution in [-0.2, 0) is 0 Å². The molecule has 0 saturated carbocycles. The first-order chi connectivity index (χ1) is 5.77. The van der Waals surface area contributed by atoms with Gasteiger partial charge in [-0.1, -0.05) is 18.3 Å². The Morgan fingerprint density at radius 3 is 3.08 bits per heavy atom. The monoisotopic (exact) mass is 176 g/mol. The Morgan fingerprint density at radius 2 is 2.25 bits per heavy atom. The SMILES string of the molecule is Cc1cc(=S)nc2ccccn12. The van der Waals surface area contributed by atoms with E-state index in [2.05, 4.69) is 4.98 Å². The molecule has 2 aromatic rings. The van der Waals surface area contributed by atoms with E-state index < -0.39 is 0 Å². The highest BCUT2D eigenvalue weighted by atomic mass is 32.1. The number of nitrogens with zero attached hydrogens (tertiary/aromatic N) is 2. The number of pyridine rings is 1. The number of rotatable bonds is 0. The van der Waals surface area contributed by atoms with Gasteiger partial charge in [-0.2, -0.15) is 0 Å². The van der Waals surface area contributed by atoms with Gasteiger partial charge in [0.1, 0.15) is 10.3 Å². The lowest BCUT2D eigenvalue weighted by Crippen LogP contribution is -1.95. The molecule has 2 aromatic heterocycles. The van der Waals surface area contributed by atoms with Crippen LogP contribution in [0.2, 0.25) is 0 Å². The molecule has 2 rings (SSSR count). The van der Waals surface area contributed by atoms with Gasteiger partial charge in [0.15, 0.2) is 0 Å². The van der Waals surface area contributed by atoms with Gasteiger partial charge in [-0.25, -0.2) is 4.98 Å². The van der Waals surface area contributed by atoms with Crippen LogP contribution < -0.4 is 0 Å². The van der Waals surface area contributed by atoms with Crippen LogP contribution in [0.4, 0.5) is 0 Å². The molecule has 3 heteroatoms. The second-order valence-electron chi connectivity index (χ2n) is 2.66. The highest BCUT2D eigenvalue weighted by molar-refractivity contribution is 7.71. The summed E-state index contributed by atoms with van der Waals surface area (Å²) in [6.07, 6.45) is 1.98. The zero-order chi connectivity index (χ0) is 8.55. The Kier molecular flexibility index (Phi) is 1.66. The van der Waals surface area contributed by atoms with Crippen molar-refractivity contribution < 1.29 is 0 Å². The molecular weight excluding hydrogens is 168 g/mol. The Hall–Kier alpha value is -1.22. The maximum atomic E-state index is 5.00. The van der Waals surface area contributed by atoms with E-state index in [1.807, 2.05) is 41.8 Å². The molecular formula is C9H8N2S. The van der Waals surface area contributed by atoms with E-state index in [1.165, 1.54) is 0 Å². The molecule has 0 aliphatic rings. The summed E-state index contributed by atoms with van der Waals surface area (Å²) in [5.74, 6) is 0. The van der Waals surface area contributed by atoms with E-state index in [0.29, 0.717) is 4.64 Å². The fourth-order valence-corrected chi connectivity index (χ4v) is 1.48. The molecule has 0 fully saturated rings. The molecule has 0 radical (unpaired) electrons. The van der Waals surface area contributed by atoms with Gasteiger partial charge < -0.3 is 4.40 Å². The van der Waals surface area contributed by atoms with Gasteiger partial charge in [0.25, 0.3) is 0 Å². The van der Waals surface area contributed by atoms with Crippen molar-refractivity contribution in [2.24, 2.45) is 0 Å². The summed E-state index contributed by atoms with van der Waals surface area (Å²) in [7, 11) is 0. The molecule has 0 unspecified atom stereocenters. The molecule has 0 N–H and O–H groups in total. The third-order valence-corrected chi connectivity index (χ3v) is 1.98. The molecule has 2 nitrogen and oxygen atoms in total. The minimum atomic E-state index is 0.652. The van der Waals surface area contributed by atoms with Crippen molar-refractivity contribution in [3.8, 4) is 0 Å². The van der Waals surface area contributed by atoms with E-state index in [-0.39, 0.29) is 0 Å². The standard InChI is InChI=1S/C9H8N2S/c1-7-6-9(12)10-8-4-2-3-5-11(7)8/h2-6H,1H3. The number of aromatic nitrogens is 2. The fraction of sp³-hybridized carbons (Fsp3) is 0.111. The van der Waals surface area contributed by atoms with Crippen molar-refractivity contribution in [2.75, 3.05) is 0 Å². The van der Waals surface area contributed by atoms with Crippen LogP contribution >= 0.6 is 12.2 Å². The molecule has 0 aromatic carbocycles. The van der Waals surface area contributed by atoms with Crippen LogP contribution in [-0.4, -0.2) is 9.38 Å².